The maximum absolute atomic E-state index is 13.6. The molecule has 6 heteroatoms. The molecule has 0 bridgehead atoms. The van der Waals surface area contributed by atoms with Gasteiger partial charge in [0.2, 0.25) is 11.8 Å². The summed E-state index contributed by atoms with van der Waals surface area (Å²) in [5.41, 5.74) is -0.152. The number of nitrogens with one attached hydrogen (secondary N) is 1. The molecule has 124 valence electrons. The lowest BCUT2D eigenvalue weighted by molar-refractivity contribution is -0.128. The van der Waals surface area contributed by atoms with Crippen molar-refractivity contribution in [1.29, 1.82) is 0 Å². The van der Waals surface area contributed by atoms with E-state index in [0.29, 0.717) is 25.9 Å². The van der Waals surface area contributed by atoms with Crippen LogP contribution < -0.4 is 5.32 Å². The van der Waals surface area contributed by atoms with E-state index in [1.165, 1.54) is 18.2 Å². The molecule has 1 aliphatic heterocycles. The van der Waals surface area contributed by atoms with Crippen molar-refractivity contribution in [3.8, 4) is 0 Å². The first-order valence-electron chi connectivity index (χ1n) is 7.60. The van der Waals surface area contributed by atoms with Crippen LogP contribution in [0.25, 0.3) is 0 Å². The highest BCUT2D eigenvalue weighted by Gasteiger charge is 2.29. The number of hydrogen-bond acceptors (Lipinski definition) is 2. The second-order valence-electron chi connectivity index (χ2n) is 5.75. The predicted octanol–water partition coefficient (Wildman–Crippen LogP) is 2.96. The van der Waals surface area contributed by atoms with Crippen molar-refractivity contribution in [1.82, 2.24) is 4.90 Å². The van der Waals surface area contributed by atoms with Crippen molar-refractivity contribution < 1.29 is 18.4 Å². The molecule has 1 heterocycles. The van der Waals surface area contributed by atoms with Gasteiger partial charge in [0, 0.05) is 19.0 Å². The van der Waals surface area contributed by atoms with Gasteiger partial charge in [0.1, 0.15) is 0 Å². The Hall–Kier alpha value is -2.24. The molecule has 0 aliphatic carbocycles. The first kappa shape index (κ1) is 17.1. The standard InChI is InChI=1S/C17H20F2N2O2/c1-3-15(22)21-9-7-12(8-10-21)11(2)17(23)20-14-6-4-5-13(18)16(14)19/h3-6,11-12H,1,7-10H2,2H3,(H,20,23). The van der Waals surface area contributed by atoms with Crippen molar-refractivity contribution in [2.24, 2.45) is 11.8 Å². The van der Waals surface area contributed by atoms with Gasteiger partial charge in [-0.3, -0.25) is 9.59 Å². The summed E-state index contributed by atoms with van der Waals surface area (Å²) >= 11 is 0. The summed E-state index contributed by atoms with van der Waals surface area (Å²) in [5.74, 6) is -2.75. The number of hydrogen-bond donors (Lipinski definition) is 1. The fourth-order valence-corrected chi connectivity index (χ4v) is 2.81. The van der Waals surface area contributed by atoms with E-state index < -0.39 is 11.6 Å². The second kappa shape index (κ2) is 7.35. The Kier molecular flexibility index (Phi) is 5.47. The molecule has 1 aromatic rings. The van der Waals surface area contributed by atoms with Crippen LogP contribution in [0.15, 0.2) is 30.9 Å². The molecule has 1 aromatic carbocycles. The lowest BCUT2D eigenvalue weighted by atomic mass is 9.84. The lowest BCUT2D eigenvalue weighted by Gasteiger charge is -2.33. The van der Waals surface area contributed by atoms with E-state index >= 15 is 0 Å². The molecule has 1 aliphatic rings. The molecule has 2 rings (SSSR count). The van der Waals surface area contributed by atoms with Crippen molar-refractivity contribution in [2.45, 2.75) is 19.8 Å². The van der Waals surface area contributed by atoms with Crippen LogP contribution >= 0.6 is 0 Å². The van der Waals surface area contributed by atoms with E-state index in [-0.39, 0.29) is 29.3 Å². The van der Waals surface area contributed by atoms with E-state index in [2.05, 4.69) is 11.9 Å². The summed E-state index contributed by atoms with van der Waals surface area (Å²) in [7, 11) is 0. The third-order valence-electron chi connectivity index (χ3n) is 4.36. The maximum atomic E-state index is 13.6. The molecule has 1 saturated heterocycles. The molecule has 1 unspecified atom stereocenters. The quantitative estimate of drug-likeness (QED) is 0.867. The Labute approximate surface area is 134 Å². The highest BCUT2D eigenvalue weighted by Crippen LogP contribution is 2.27. The maximum Gasteiger partial charge on any atom is 0.245 e. The SMILES string of the molecule is C=CC(=O)N1CCC(C(C)C(=O)Nc2cccc(F)c2F)CC1. The molecular formula is C17H20F2N2O2. The third-order valence-corrected chi connectivity index (χ3v) is 4.36. The van der Waals surface area contributed by atoms with Crippen LogP contribution in [0.3, 0.4) is 0 Å². The Balaban J connectivity index is 1.94. The Morgan fingerprint density at radius 3 is 2.61 bits per heavy atom. The Morgan fingerprint density at radius 2 is 2.00 bits per heavy atom. The summed E-state index contributed by atoms with van der Waals surface area (Å²) in [4.78, 5) is 25.5. The molecule has 0 radical (unpaired) electrons. The molecule has 1 atom stereocenters. The van der Waals surface area contributed by atoms with Gasteiger partial charge in [0.25, 0.3) is 0 Å². The number of piperidine rings is 1. The molecule has 2 amide bonds. The van der Waals surface area contributed by atoms with Crippen LogP contribution in [0.4, 0.5) is 14.5 Å². The number of carbonyl (C=O) groups excluding carboxylic acids is 2. The summed E-state index contributed by atoms with van der Waals surface area (Å²) in [6, 6.07) is 3.67. The van der Waals surface area contributed by atoms with Gasteiger partial charge >= 0.3 is 0 Å². The normalized spacial score (nSPS) is 16.7. The first-order valence-corrected chi connectivity index (χ1v) is 7.60. The average molecular weight is 322 g/mol. The van der Waals surface area contributed by atoms with Crippen molar-refractivity contribution in [3.63, 3.8) is 0 Å². The van der Waals surface area contributed by atoms with Crippen LogP contribution in [-0.4, -0.2) is 29.8 Å². The molecule has 0 aromatic heterocycles. The van der Waals surface area contributed by atoms with Gasteiger partial charge in [0.05, 0.1) is 5.69 Å². The van der Waals surface area contributed by atoms with Crippen LogP contribution in [0.1, 0.15) is 19.8 Å². The second-order valence-corrected chi connectivity index (χ2v) is 5.75. The van der Waals surface area contributed by atoms with Crippen LogP contribution in [0, 0.1) is 23.5 Å². The topological polar surface area (TPSA) is 49.4 Å². The molecule has 1 N–H and O–H groups in total. The molecule has 23 heavy (non-hydrogen) atoms. The molecule has 0 spiro atoms. The average Bonchev–Trinajstić information content (AvgIpc) is 2.57. The summed E-state index contributed by atoms with van der Waals surface area (Å²) < 4.78 is 26.8. The molecular weight excluding hydrogens is 302 g/mol. The minimum Gasteiger partial charge on any atom is -0.339 e. The van der Waals surface area contributed by atoms with Crippen LogP contribution in [-0.2, 0) is 9.59 Å². The number of benzene rings is 1. The van der Waals surface area contributed by atoms with Crippen LogP contribution in [0.5, 0.6) is 0 Å². The zero-order chi connectivity index (χ0) is 17.0. The zero-order valence-corrected chi connectivity index (χ0v) is 13.0. The van der Waals surface area contributed by atoms with E-state index in [1.54, 1.807) is 11.8 Å². The number of anilines is 1. The number of rotatable bonds is 4. The molecule has 0 saturated carbocycles. The largest absolute Gasteiger partial charge is 0.339 e. The van der Waals surface area contributed by atoms with Gasteiger partial charge in [-0.15, -0.1) is 0 Å². The van der Waals surface area contributed by atoms with Crippen molar-refractivity contribution in [3.05, 3.63) is 42.5 Å². The fourth-order valence-electron chi connectivity index (χ4n) is 2.81. The van der Waals surface area contributed by atoms with Crippen LogP contribution in [0.2, 0.25) is 0 Å². The van der Waals surface area contributed by atoms with E-state index in [9.17, 15) is 18.4 Å². The number of carbonyl (C=O) groups is 2. The number of amides is 2. The van der Waals surface area contributed by atoms with Gasteiger partial charge in [-0.2, -0.15) is 0 Å². The number of nitrogens with zero attached hydrogens (tertiary/aromatic N) is 1. The Morgan fingerprint density at radius 1 is 1.35 bits per heavy atom. The minimum absolute atomic E-state index is 0.0977. The van der Waals surface area contributed by atoms with Gasteiger partial charge in [-0.1, -0.05) is 19.6 Å². The van der Waals surface area contributed by atoms with Gasteiger partial charge in [-0.05, 0) is 37.0 Å². The number of halogens is 2. The van der Waals surface area contributed by atoms with Crippen molar-refractivity contribution in [2.75, 3.05) is 18.4 Å². The van der Waals surface area contributed by atoms with Gasteiger partial charge < -0.3 is 10.2 Å². The smallest absolute Gasteiger partial charge is 0.245 e. The Bertz CT molecular complexity index is 611. The van der Waals surface area contributed by atoms with Crippen molar-refractivity contribution >= 4 is 17.5 Å². The number of likely N-dealkylation sites (tertiary alicyclic amines) is 1. The fraction of sp³-hybridized carbons (Fsp3) is 0.412. The summed E-state index contributed by atoms with van der Waals surface area (Å²) in [6.45, 7) is 6.37. The van der Waals surface area contributed by atoms with Gasteiger partial charge in [0.15, 0.2) is 11.6 Å². The monoisotopic (exact) mass is 322 g/mol. The zero-order valence-electron chi connectivity index (χ0n) is 13.0. The van der Waals surface area contributed by atoms with E-state index in [0.717, 1.165) is 6.07 Å². The summed E-state index contributed by atoms with van der Waals surface area (Å²) in [6.07, 6.45) is 2.67. The predicted molar refractivity (Wildman–Crippen MR) is 83.7 cm³/mol. The molecule has 4 nitrogen and oxygen atoms in total. The molecule has 1 fully saturated rings. The highest BCUT2D eigenvalue weighted by molar-refractivity contribution is 5.92. The van der Waals surface area contributed by atoms with Gasteiger partial charge in [-0.25, -0.2) is 8.78 Å². The third kappa shape index (κ3) is 3.94. The highest BCUT2D eigenvalue weighted by atomic mass is 19.2. The minimum atomic E-state index is -1.06. The van der Waals surface area contributed by atoms with E-state index in [4.69, 9.17) is 0 Å². The van der Waals surface area contributed by atoms with E-state index in [1.807, 2.05) is 0 Å². The lowest BCUT2D eigenvalue weighted by Crippen LogP contribution is -2.40. The summed E-state index contributed by atoms with van der Waals surface area (Å²) in [5, 5.41) is 2.44. The first-order chi connectivity index (χ1) is 10.9.